The maximum Gasteiger partial charge on any atom is 0.250 e. The molecule has 3 aromatic carbocycles. The summed E-state index contributed by atoms with van der Waals surface area (Å²) in [5.41, 5.74) is 3.36. The number of thiazole rings is 1. The lowest BCUT2D eigenvalue weighted by Crippen LogP contribution is -2.07. The smallest absolute Gasteiger partial charge is 0.250 e. The lowest BCUT2D eigenvalue weighted by molar-refractivity contribution is -0.111. The van der Waals surface area contributed by atoms with Gasteiger partial charge in [0.1, 0.15) is 6.61 Å². The number of nitrogens with one attached hydrogen (secondary N) is 1. The third-order valence-corrected chi connectivity index (χ3v) is 6.72. The zero-order valence-electron chi connectivity index (χ0n) is 19.0. The van der Waals surface area contributed by atoms with Crippen molar-refractivity contribution in [1.29, 1.82) is 0 Å². The highest BCUT2D eigenvalue weighted by atomic mass is 35.5. The van der Waals surface area contributed by atoms with Gasteiger partial charge in [-0.1, -0.05) is 65.7 Å². The maximum absolute atomic E-state index is 12.5. The molecule has 0 unspecified atom stereocenters. The van der Waals surface area contributed by atoms with Crippen LogP contribution in [0.1, 0.15) is 16.0 Å². The highest BCUT2D eigenvalue weighted by molar-refractivity contribution is 7.16. The Hall–Kier alpha value is -3.32. The summed E-state index contributed by atoms with van der Waals surface area (Å²) in [5, 5.41) is 4.46. The summed E-state index contributed by atoms with van der Waals surface area (Å²) in [6.45, 7) is 2.19. The predicted molar refractivity (Wildman–Crippen MR) is 144 cm³/mol. The van der Waals surface area contributed by atoms with Crippen molar-refractivity contribution in [2.75, 3.05) is 12.4 Å². The number of methoxy groups -OCH3 is 1. The van der Waals surface area contributed by atoms with Gasteiger partial charge in [-0.3, -0.25) is 10.1 Å². The standard InChI is InChI=1S/C27H22Cl2N2O3S/c1-17-26(19-7-4-3-5-8-19)31-27(35-17)30-25(32)14-12-18-11-13-23(24(15-18)33-2)34-16-20-21(28)9-6-10-22(20)29/h3-15H,16H2,1-2H3,(H,30,31,32). The number of aromatic nitrogens is 1. The van der Waals surface area contributed by atoms with Crippen molar-refractivity contribution in [2.24, 2.45) is 0 Å². The quantitative estimate of drug-likeness (QED) is 0.240. The number of ether oxygens (including phenoxy) is 2. The van der Waals surface area contributed by atoms with Gasteiger partial charge in [0.25, 0.3) is 0 Å². The number of benzene rings is 3. The van der Waals surface area contributed by atoms with Gasteiger partial charge < -0.3 is 9.47 Å². The fraction of sp³-hybridized carbons (Fsp3) is 0.111. The Bertz CT molecular complexity index is 1350. The summed E-state index contributed by atoms with van der Waals surface area (Å²) >= 11 is 13.9. The third-order valence-electron chi connectivity index (χ3n) is 5.12. The molecular formula is C27H22Cl2N2O3S. The number of hydrogen-bond acceptors (Lipinski definition) is 5. The second-order valence-corrected chi connectivity index (χ2v) is 9.53. The average molecular weight is 525 g/mol. The summed E-state index contributed by atoms with van der Waals surface area (Å²) in [6, 6.07) is 20.6. The largest absolute Gasteiger partial charge is 0.493 e. The van der Waals surface area contributed by atoms with E-state index < -0.39 is 0 Å². The normalized spacial score (nSPS) is 11.0. The Morgan fingerprint density at radius 3 is 2.49 bits per heavy atom. The number of halogens is 2. The van der Waals surface area contributed by atoms with E-state index in [0.29, 0.717) is 32.2 Å². The number of rotatable bonds is 8. The van der Waals surface area contributed by atoms with E-state index >= 15 is 0 Å². The van der Waals surface area contributed by atoms with Gasteiger partial charge in [-0.25, -0.2) is 4.98 Å². The minimum Gasteiger partial charge on any atom is -0.493 e. The number of carbonyl (C=O) groups is 1. The van der Waals surface area contributed by atoms with Crippen molar-refractivity contribution in [3.63, 3.8) is 0 Å². The van der Waals surface area contributed by atoms with Crippen LogP contribution in [-0.2, 0) is 11.4 Å². The number of carbonyl (C=O) groups excluding carboxylic acids is 1. The first-order valence-corrected chi connectivity index (χ1v) is 12.3. The number of nitrogens with zero attached hydrogens (tertiary/aromatic N) is 1. The molecule has 0 spiro atoms. The highest BCUT2D eigenvalue weighted by Gasteiger charge is 2.12. The molecule has 0 aliphatic rings. The van der Waals surface area contributed by atoms with Crippen LogP contribution < -0.4 is 14.8 Å². The van der Waals surface area contributed by atoms with Crippen LogP contribution in [0.2, 0.25) is 10.0 Å². The van der Waals surface area contributed by atoms with Crippen LogP contribution in [0, 0.1) is 6.92 Å². The van der Waals surface area contributed by atoms with Crippen molar-refractivity contribution >= 4 is 51.7 Å². The van der Waals surface area contributed by atoms with Crippen LogP contribution in [0.3, 0.4) is 0 Å². The molecule has 4 aromatic rings. The van der Waals surface area contributed by atoms with Crippen LogP contribution in [0.5, 0.6) is 11.5 Å². The summed E-state index contributed by atoms with van der Waals surface area (Å²) in [6.07, 6.45) is 3.16. The van der Waals surface area contributed by atoms with E-state index in [2.05, 4.69) is 10.3 Å². The van der Waals surface area contributed by atoms with Crippen molar-refractivity contribution in [3.05, 3.63) is 98.9 Å². The minimum atomic E-state index is -0.272. The molecule has 4 rings (SSSR count). The fourth-order valence-corrected chi connectivity index (χ4v) is 4.71. The Kier molecular flexibility index (Phi) is 8.08. The van der Waals surface area contributed by atoms with Gasteiger partial charge in [-0.05, 0) is 42.8 Å². The molecular weight excluding hydrogens is 503 g/mol. The van der Waals surface area contributed by atoms with Crippen molar-refractivity contribution in [3.8, 4) is 22.8 Å². The number of anilines is 1. The molecule has 0 saturated carbocycles. The number of amides is 1. The van der Waals surface area contributed by atoms with Gasteiger partial charge >= 0.3 is 0 Å². The molecule has 5 nitrogen and oxygen atoms in total. The second-order valence-electron chi connectivity index (χ2n) is 7.51. The van der Waals surface area contributed by atoms with Crippen LogP contribution in [0.15, 0.2) is 72.8 Å². The molecule has 1 heterocycles. The summed E-state index contributed by atoms with van der Waals surface area (Å²) < 4.78 is 11.3. The molecule has 35 heavy (non-hydrogen) atoms. The summed E-state index contributed by atoms with van der Waals surface area (Å²) in [4.78, 5) is 18.1. The molecule has 1 amide bonds. The Morgan fingerprint density at radius 2 is 1.77 bits per heavy atom. The van der Waals surface area contributed by atoms with Crippen molar-refractivity contribution in [2.45, 2.75) is 13.5 Å². The molecule has 0 atom stereocenters. The molecule has 0 aliphatic heterocycles. The topological polar surface area (TPSA) is 60.5 Å². The predicted octanol–water partition coefficient (Wildman–Crippen LogP) is 7.66. The van der Waals surface area contributed by atoms with Gasteiger partial charge in [-0.2, -0.15) is 0 Å². The zero-order valence-corrected chi connectivity index (χ0v) is 21.4. The zero-order chi connectivity index (χ0) is 24.8. The highest BCUT2D eigenvalue weighted by Crippen LogP contribution is 2.32. The van der Waals surface area contributed by atoms with Gasteiger partial charge in [0, 0.05) is 32.1 Å². The van der Waals surface area contributed by atoms with Gasteiger partial charge in [0.15, 0.2) is 16.6 Å². The lowest BCUT2D eigenvalue weighted by Gasteiger charge is -2.13. The number of hydrogen-bond donors (Lipinski definition) is 1. The van der Waals surface area contributed by atoms with Crippen molar-refractivity contribution < 1.29 is 14.3 Å². The van der Waals surface area contributed by atoms with Crippen LogP contribution in [0.25, 0.3) is 17.3 Å². The van der Waals surface area contributed by atoms with E-state index in [4.69, 9.17) is 32.7 Å². The van der Waals surface area contributed by atoms with Gasteiger partial charge in [-0.15, -0.1) is 11.3 Å². The first-order valence-electron chi connectivity index (χ1n) is 10.7. The molecule has 1 aromatic heterocycles. The molecule has 0 radical (unpaired) electrons. The number of aryl methyl sites for hydroxylation is 1. The van der Waals surface area contributed by atoms with E-state index in [1.807, 2.05) is 43.3 Å². The Labute approximate surface area is 218 Å². The van der Waals surface area contributed by atoms with Gasteiger partial charge in [0.2, 0.25) is 5.91 Å². The first kappa shape index (κ1) is 24.8. The van der Waals surface area contributed by atoms with E-state index in [1.54, 1.807) is 43.5 Å². The van der Waals surface area contributed by atoms with Crippen molar-refractivity contribution in [1.82, 2.24) is 4.98 Å². The summed E-state index contributed by atoms with van der Waals surface area (Å²) in [5.74, 6) is 0.793. The molecule has 8 heteroatoms. The molecule has 0 fully saturated rings. The van der Waals surface area contributed by atoms with Crippen LogP contribution in [-0.4, -0.2) is 18.0 Å². The van der Waals surface area contributed by atoms with E-state index in [1.165, 1.54) is 17.4 Å². The Balaban J connectivity index is 1.41. The monoisotopic (exact) mass is 524 g/mol. The molecule has 0 bridgehead atoms. The summed E-state index contributed by atoms with van der Waals surface area (Å²) in [7, 11) is 1.56. The van der Waals surface area contributed by atoms with E-state index in [9.17, 15) is 4.79 Å². The van der Waals surface area contributed by atoms with Gasteiger partial charge in [0.05, 0.1) is 12.8 Å². The lowest BCUT2D eigenvalue weighted by atomic mass is 10.1. The van der Waals surface area contributed by atoms with E-state index in [0.717, 1.165) is 21.7 Å². The minimum absolute atomic E-state index is 0.199. The molecule has 1 N–H and O–H groups in total. The average Bonchev–Trinajstić information content (AvgIpc) is 3.23. The molecule has 0 aliphatic carbocycles. The van der Waals surface area contributed by atoms with E-state index in [-0.39, 0.29) is 12.5 Å². The van der Waals surface area contributed by atoms with Crippen LogP contribution in [0.4, 0.5) is 5.13 Å². The van der Waals surface area contributed by atoms with Crippen LogP contribution >= 0.6 is 34.5 Å². The Morgan fingerprint density at radius 1 is 1.03 bits per heavy atom. The molecule has 178 valence electrons. The fourth-order valence-electron chi connectivity index (χ4n) is 3.36. The SMILES string of the molecule is COc1cc(C=CC(=O)Nc2nc(-c3ccccc3)c(C)s2)ccc1OCc1c(Cl)cccc1Cl. The molecule has 0 saturated heterocycles. The second kappa shape index (κ2) is 11.4. The third kappa shape index (κ3) is 6.22. The maximum atomic E-state index is 12.5. The first-order chi connectivity index (χ1) is 16.9.